The summed E-state index contributed by atoms with van der Waals surface area (Å²) >= 11 is 0. The largest absolute Gasteiger partial charge is 0.418 e. The highest BCUT2D eigenvalue weighted by atomic mass is 28.3. The van der Waals surface area contributed by atoms with Crippen molar-refractivity contribution in [3.8, 4) is 0 Å². The summed E-state index contributed by atoms with van der Waals surface area (Å²) in [5.74, 6) is 0. The van der Waals surface area contributed by atoms with E-state index in [1.165, 1.54) is 17.7 Å². The normalized spacial score (nSPS) is 13.9. The topological polar surface area (TPSA) is 15.7 Å². The summed E-state index contributed by atoms with van der Waals surface area (Å²) in [7, 11) is 7.46. The second kappa shape index (κ2) is 10.3. The molecule has 1 aromatic rings. The fraction of sp³-hybridized carbons (Fsp3) is 0.700. The van der Waals surface area contributed by atoms with Crippen molar-refractivity contribution in [1.82, 2.24) is 9.80 Å². The Bertz CT molecular complexity index is 438. The van der Waals surface area contributed by atoms with Gasteiger partial charge in [0.25, 0.3) is 0 Å². The van der Waals surface area contributed by atoms with E-state index in [9.17, 15) is 0 Å². The van der Waals surface area contributed by atoms with E-state index in [0.717, 1.165) is 19.5 Å². The number of hydrogen-bond acceptors (Lipinski definition) is 3. The first-order chi connectivity index (χ1) is 11.2. The molecule has 0 saturated carbocycles. The minimum atomic E-state index is -1.26. The maximum atomic E-state index is 6.43. The first kappa shape index (κ1) is 21.4. The number of benzene rings is 1. The summed E-state index contributed by atoms with van der Waals surface area (Å²) in [5, 5.41) is 0. The van der Waals surface area contributed by atoms with Gasteiger partial charge in [-0.15, -0.1) is 0 Å². The standard InChI is InChI=1S/C20H38N2OSi/c1-18(2)23-24(14-13-19-11-9-8-10-12-19)17-20(3,15-21(4)5)16-22(6)7/h8-12,18,24H,13-17H2,1-7H3. The van der Waals surface area contributed by atoms with Gasteiger partial charge in [0.1, 0.15) is 0 Å². The molecular weight excluding hydrogens is 312 g/mol. The highest BCUT2D eigenvalue weighted by Gasteiger charge is 2.31. The molecule has 0 saturated heterocycles. The van der Waals surface area contributed by atoms with Gasteiger partial charge in [-0.3, -0.25) is 0 Å². The molecule has 0 aliphatic heterocycles. The van der Waals surface area contributed by atoms with Crippen LogP contribution in [0.15, 0.2) is 30.3 Å². The number of hydrogen-bond donors (Lipinski definition) is 0. The van der Waals surface area contributed by atoms with Crippen molar-refractivity contribution < 1.29 is 4.43 Å². The molecule has 24 heavy (non-hydrogen) atoms. The molecule has 138 valence electrons. The minimum Gasteiger partial charge on any atom is -0.418 e. The molecule has 1 rings (SSSR count). The first-order valence-corrected chi connectivity index (χ1v) is 11.3. The van der Waals surface area contributed by atoms with Crippen LogP contribution in [0.4, 0.5) is 0 Å². The molecule has 0 amide bonds. The number of rotatable bonds is 11. The van der Waals surface area contributed by atoms with Crippen LogP contribution >= 0.6 is 0 Å². The lowest BCUT2D eigenvalue weighted by molar-refractivity contribution is 0.167. The molecule has 1 aromatic carbocycles. The highest BCUT2D eigenvalue weighted by Crippen LogP contribution is 2.28. The summed E-state index contributed by atoms with van der Waals surface area (Å²) in [6, 6.07) is 13.3. The summed E-state index contributed by atoms with van der Waals surface area (Å²) in [4.78, 5) is 4.64. The van der Waals surface area contributed by atoms with Crippen LogP contribution in [0, 0.1) is 5.41 Å². The van der Waals surface area contributed by atoms with Gasteiger partial charge in [-0.25, -0.2) is 0 Å². The maximum Gasteiger partial charge on any atom is 0.178 e. The fourth-order valence-corrected chi connectivity index (χ4v) is 7.05. The zero-order valence-electron chi connectivity index (χ0n) is 16.9. The van der Waals surface area contributed by atoms with Gasteiger partial charge in [0.15, 0.2) is 9.04 Å². The van der Waals surface area contributed by atoms with E-state index in [4.69, 9.17) is 4.43 Å². The monoisotopic (exact) mass is 350 g/mol. The summed E-state index contributed by atoms with van der Waals surface area (Å²) in [6.45, 7) is 9.01. The SMILES string of the molecule is CC(C)O[SiH](CCc1ccccc1)CC(C)(CN(C)C)CN(C)C. The Morgan fingerprint density at radius 2 is 1.54 bits per heavy atom. The molecule has 0 heterocycles. The molecular formula is C20H38N2OSi. The lowest BCUT2D eigenvalue weighted by Crippen LogP contribution is -2.43. The smallest absolute Gasteiger partial charge is 0.178 e. The van der Waals surface area contributed by atoms with Crippen LogP contribution < -0.4 is 0 Å². The van der Waals surface area contributed by atoms with Gasteiger partial charge >= 0.3 is 0 Å². The van der Waals surface area contributed by atoms with Gasteiger partial charge in [-0.1, -0.05) is 37.3 Å². The molecule has 1 atom stereocenters. The second-order valence-corrected chi connectivity index (χ2v) is 10.8. The van der Waals surface area contributed by atoms with E-state index in [-0.39, 0.29) is 5.41 Å². The minimum absolute atomic E-state index is 0.287. The van der Waals surface area contributed by atoms with E-state index in [1.54, 1.807) is 0 Å². The molecule has 0 spiro atoms. The van der Waals surface area contributed by atoms with Gasteiger partial charge in [-0.2, -0.15) is 0 Å². The number of aryl methyl sites for hydroxylation is 1. The van der Waals surface area contributed by atoms with Gasteiger partial charge in [0.05, 0.1) is 0 Å². The Labute approximate surface area is 151 Å². The van der Waals surface area contributed by atoms with Crippen molar-refractivity contribution >= 4 is 9.04 Å². The lowest BCUT2D eigenvalue weighted by atomic mass is 9.92. The van der Waals surface area contributed by atoms with Gasteiger partial charge in [0.2, 0.25) is 0 Å². The molecule has 0 N–H and O–H groups in total. The molecule has 3 nitrogen and oxygen atoms in total. The van der Waals surface area contributed by atoms with Crippen molar-refractivity contribution in [2.75, 3.05) is 41.3 Å². The maximum absolute atomic E-state index is 6.43. The lowest BCUT2D eigenvalue weighted by Gasteiger charge is -2.37. The van der Waals surface area contributed by atoms with Crippen molar-refractivity contribution in [2.45, 2.75) is 45.4 Å². The van der Waals surface area contributed by atoms with Crippen molar-refractivity contribution in [3.63, 3.8) is 0 Å². The van der Waals surface area contributed by atoms with Crippen LogP contribution in [0.1, 0.15) is 26.3 Å². The zero-order chi connectivity index (χ0) is 18.2. The summed E-state index contributed by atoms with van der Waals surface area (Å²) in [5.41, 5.74) is 1.72. The average molecular weight is 351 g/mol. The molecule has 0 aromatic heterocycles. The van der Waals surface area contributed by atoms with Crippen LogP contribution in [-0.2, 0) is 10.8 Å². The van der Waals surface area contributed by atoms with E-state index in [1.807, 2.05) is 0 Å². The fourth-order valence-electron chi connectivity index (χ4n) is 3.83. The molecule has 0 aliphatic rings. The van der Waals surface area contributed by atoms with Crippen LogP contribution in [0.25, 0.3) is 0 Å². The molecule has 1 unspecified atom stereocenters. The quantitative estimate of drug-likeness (QED) is 0.568. The van der Waals surface area contributed by atoms with E-state index in [2.05, 4.69) is 89.1 Å². The van der Waals surface area contributed by atoms with Crippen LogP contribution in [0.3, 0.4) is 0 Å². The first-order valence-electron chi connectivity index (χ1n) is 9.19. The third-order valence-electron chi connectivity index (χ3n) is 4.18. The molecule has 4 heteroatoms. The average Bonchev–Trinajstić information content (AvgIpc) is 2.43. The Morgan fingerprint density at radius 1 is 1.00 bits per heavy atom. The van der Waals surface area contributed by atoms with Crippen molar-refractivity contribution in [3.05, 3.63) is 35.9 Å². The highest BCUT2D eigenvalue weighted by molar-refractivity contribution is 6.52. The molecule has 0 aliphatic carbocycles. The van der Waals surface area contributed by atoms with Gasteiger partial charge < -0.3 is 14.2 Å². The predicted molar refractivity (Wildman–Crippen MR) is 108 cm³/mol. The Morgan fingerprint density at radius 3 is 2.00 bits per heavy atom. The second-order valence-electron chi connectivity index (χ2n) is 8.32. The Hall–Kier alpha value is -0.683. The molecule has 0 radical (unpaired) electrons. The van der Waals surface area contributed by atoms with Crippen LogP contribution in [0.5, 0.6) is 0 Å². The summed E-state index contributed by atoms with van der Waals surface area (Å²) in [6.07, 6.45) is 1.48. The van der Waals surface area contributed by atoms with Crippen molar-refractivity contribution in [1.29, 1.82) is 0 Å². The molecule has 0 bridgehead atoms. The van der Waals surface area contributed by atoms with Crippen LogP contribution in [0.2, 0.25) is 12.1 Å². The Balaban J connectivity index is 2.76. The van der Waals surface area contributed by atoms with Gasteiger partial charge in [-0.05, 0) is 71.5 Å². The van der Waals surface area contributed by atoms with Crippen LogP contribution in [-0.4, -0.2) is 66.2 Å². The summed E-state index contributed by atoms with van der Waals surface area (Å²) < 4.78 is 6.43. The Kier molecular flexibility index (Phi) is 9.20. The third-order valence-corrected chi connectivity index (χ3v) is 7.48. The van der Waals surface area contributed by atoms with Crippen molar-refractivity contribution in [2.24, 2.45) is 5.41 Å². The van der Waals surface area contributed by atoms with E-state index in [0.29, 0.717) is 6.10 Å². The van der Waals surface area contributed by atoms with E-state index < -0.39 is 9.04 Å². The van der Waals surface area contributed by atoms with E-state index >= 15 is 0 Å². The van der Waals surface area contributed by atoms with Gasteiger partial charge in [0, 0.05) is 19.2 Å². The number of nitrogens with zero attached hydrogens (tertiary/aromatic N) is 2. The third kappa shape index (κ3) is 8.97. The molecule has 0 fully saturated rings. The predicted octanol–water partition coefficient (Wildman–Crippen LogP) is 3.51. The zero-order valence-corrected chi connectivity index (χ0v) is 18.0.